The summed E-state index contributed by atoms with van der Waals surface area (Å²) in [5, 5.41) is 11.2. The number of fused-ring (bicyclic) bond motifs is 1. The van der Waals surface area contributed by atoms with Crippen LogP contribution in [0.3, 0.4) is 0 Å². The van der Waals surface area contributed by atoms with Gasteiger partial charge in [-0.1, -0.05) is 0 Å². The zero-order valence-electron chi connectivity index (χ0n) is 19.1. The summed E-state index contributed by atoms with van der Waals surface area (Å²) in [5.74, 6) is 2.62. The lowest BCUT2D eigenvalue weighted by Gasteiger charge is -2.22. The van der Waals surface area contributed by atoms with Gasteiger partial charge in [0.1, 0.15) is 17.7 Å². The molecular weight excluding hydrogens is 394 g/mol. The van der Waals surface area contributed by atoms with Gasteiger partial charge in [0.15, 0.2) is 0 Å². The second kappa shape index (κ2) is 8.40. The smallest absolute Gasteiger partial charge is 0.407 e. The summed E-state index contributed by atoms with van der Waals surface area (Å²) in [6, 6.07) is 6.22. The standard InChI is InChI=1S/C23H33N5O3/c1-14(2)24-22(29)31-17-8-6-16(12-17)18-13-20(28(27-18)23(3,4)5)25-19-9-7-15-10-11-30-21(15)26-19/h7,9,13-14,16-17H,6,8,10-12H2,1-5H3,(H,24,29)(H,25,26). The van der Waals surface area contributed by atoms with Crippen molar-refractivity contribution in [1.82, 2.24) is 20.1 Å². The molecule has 2 aromatic rings. The van der Waals surface area contributed by atoms with Crippen molar-refractivity contribution in [3.05, 3.63) is 29.5 Å². The highest BCUT2D eigenvalue weighted by Crippen LogP contribution is 2.38. The van der Waals surface area contributed by atoms with Crippen molar-refractivity contribution in [1.29, 1.82) is 0 Å². The number of hydrogen-bond donors (Lipinski definition) is 2. The first-order valence-electron chi connectivity index (χ1n) is 11.2. The van der Waals surface area contributed by atoms with Crippen molar-refractivity contribution < 1.29 is 14.3 Å². The van der Waals surface area contributed by atoms with Crippen LogP contribution in [-0.2, 0) is 16.7 Å². The summed E-state index contributed by atoms with van der Waals surface area (Å²) < 4.78 is 13.2. The number of nitrogens with zero attached hydrogens (tertiary/aromatic N) is 3. The maximum Gasteiger partial charge on any atom is 0.407 e. The van der Waals surface area contributed by atoms with Crippen molar-refractivity contribution in [2.24, 2.45) is 0 Å². The Kier molecular flexibility index (Phi) is 5.81. The number of anilines is 2. The van der Waals surface area contributed by atoms with Gasteiger partial charge >= 0.3 is 6.09 Å². The van der Waals surface area contributed by atoms with Crippen LogP contribution < -0.4 is 15.4 Å². The minimum absolute atomic E-state index is 0.0686. The molecule has 2 atom stereocenters. The number of alkyl carbamates (subject to hydrolysis) is 1. The average molecular weight is 428 g/mol. The third-order valence-corrected chi connectivity index (χ3v) is 5.65. The Labute approximate surface area is 183 Å². The Hall–Kier alpha value is -2.77. The third kappa shape index (κ3) is 4.94. The average Bonchev–Trinajstić information content (AvgIpc) is 3.39. The topological polar surface area (TPSA) is 90.3 Å². The van der Waals surface area contributed by atoms with Gasteiger partial charge in [-0.3, -0.25) is 0 Å². The quantitative estimate of drug-likeness (QED) is 0.731. The molecule has 1 aliphatic carbocycles. The monoisotopic (exact) mass is 427 g/mol. The molecular formula is C23H33N5O3. The van der Waals surface area contributed by atoms with Crippen LogP contribution in [0.15, 0.2) is 18.2 Å². The van der Waals surface area contributed by atoms with Crippen LogP contribution in [0.4, 0.5) is 16.4 Å². The van der Waals surface area contributed by atoms with E-state index in [1.165, 1.54) is 0 Å². The fraction of sp³-hybridized carbons (Fsp3) is 0.609. The molecule has 2 unspecified atom stereocenters. The molecule has 0 spiro atoms. The molecule has 1 amide bonds. The summed E-state index contributed by atoms with van der Waals surface area (Å²) in [5.41, 5.74) is 1.97. The number of aromatic nitrogens is 3. The molecule has 4 rings (SSSR count). The van der Waals surface area contributed by atoms with Crippen LogP contribution in [0.1, 0.15) is 71.1 Å². The van der Waals surface area contributed by atoms with Gasteiger partial charge in [0, 0.05) is 30.0 Å². The second-order valence-electron chi connectivity index (χ2n) is 9.76. The lowest BCUT2D eigenvalue weighted by atomic mass is 10.0. The van der Waals surface area contributed by atoms with Crippen LogP contribution in [-0.4, -0.2) is 39.6 Å². The lowest BCUT2D eigenvalue weighted by Crippen LogP contribution is -2.33. The summed E-state index contributed by atoms with van der Waals surface area (Å²) >= 11 is 0. The highest BCUT2D eigenvalue weighted by molar-refractivity contribution is 5.67. The normalized spacial score (nSPS) is 20.5. The van der Waals surface area contributed by atoms with Crippen LogP contribution in [0.25, 0.3) is 0 Å². The molecule has 2 aromatic heterocycles. The van der Waals surface area contributed by atoms with E-state index in [2.05, 4.69) is 48.5 Å². The van der Waals surface area contributed by atoms with Gasteiger partial charge < -0.3 is 20.1 Å². The van der Waals surface area contributed by atoms with Crippen LogP contribution in [0.2, 0.25) is 0 Å². The summed E-state index contributed by atoms with van der Waals surface area (Å²) in [6.45, 7) is 10.9. The Morgan fingerprint density at radius 2 is 2.10 bits per heavy atom. The Balaban J connectivity index is 1.49. The molecule has 168 valence electrons. The molecule has 0 bridgehead atoms. The zero-order chi connectivity index (χ0) is 22.2. The van der Waals surface area contributed by atoms with E-state index in [0.29, 0.717) is 12.5 Å². The number of hydrogen-bond acceptors (Lipinski definition) is 6. The van der Waals surface area contributed by atoms with Crippen molar-refractivity contribution in [3.63, 3.8) is 0 Å². The molecule has 2 N–H and O–H groups in total. The van der Waals surface area contributed by atoms with Crippen LogP contribution >= 0.6 is 0 Å². The third-order valence-electron chi connectivity index (χ3n) is 5.65. The van der Waals surface area contributed by atoms with E-state index in [1.807, 2.05) is 24.6 Å². The predicted molar refractivity (Wildman–Crippen MR) is 119 cm³/mol. The Bertz CT molecular complexity index is 947. The number of pyridine rings is 1. The van der Waals surface area contributed by atoms with E-state index in [-0.39, 0.29) is 29.7 Å². The van der Waals surface area contributed by atoms with Gasteiger partial charge in [0.2, 0.25) is 5.88 Å². The first kappa shape index (κ1) is 21.5. The van der Waals surface area contributed by atoms with Crippen molar-refractivity contribution in [2.75, 3.05) is 11.9 Å². The maximum absolute atomic E-state index is 11.9. The predicted octanol–water partition coefficient (Wildman–Crippen LogP) is 4.48. The van der Waals surface area contributed by atoms with E-state index in [1.54, 1.807) is 0 Å². The number of carbonyl (C=O) groups excluding carboxylic acids is 1. The van der Waals surface area contributed by atoms with E-state index < -0.39 is 0 Å². The first-order chi connectivity index (χ1) is 14.7. The number of amides is 1. The summed E-state index contributed by atoms with van der Waals surface area (Å²) in [6.07, 6.45) is 3.09. The number of ether oxygens (including phenoxy) is 2. The molecule has 0 saturated heterocycles. The van der Waals surface area contributed by atoms with E-state index >= 15 is 0 Å². The van der Waals surface area contributed by atoms with Crippen molar-refractivity contribution in [3.8, 4) is 5.88 Å². The van der Waals surface area contributed by atoms with E-state index in [4.69, 9.17) is 14.6 Å². The first-order valence-corrected chi connectivity index (χ1v) is 11.2. The fourth-order valence-electron chi connectivity index (χ4n) is 4.18. The fourth-order valence-corrected chi connectivity index (χ4v) is 4.18. The van der Waals surface area contributed by atoms with Gasteiger partial charge in [-0.25, -0.2) is 9.48 Å². The van der Waals surface area contributed by atoms with Gasteiger partial charge in [-0.15, -0.1) is 0 Å². The molecule has 31 heavy (non-hydrogen) atoms. The minimum atomic E-state index is -0.340. The molecule has 3 heterocycles. The van der Waals surface area contributed by atoms with Crippen LogP contribution in [0, 0.1) is 0 Å². The van der Waals surface area contributed by atoms with Crippen molar-refractivity contribution >= 4 is 17.7 Å². The van der Waals surface area contributed by atoms with E-state index in [9.17, 15) is 4.79 Å². The van der Waals surface area contributed by atoms with Gasteiger partial charge in [-0.05, 0) is 66.0 Å². The summed E-state index contributed by atoms with van der Waals surface area (Å²) in [7, 11) is 0. The molecule has 8 heteroatoms. The molecule has 2 aliphatic rings. The highest BCUT2D eigenvalue weighted by Gasteiger charge is 2.32. The van der Waals surface area contributed by atoms with E-state index in [0.717, 1.165) is 48.6 Å². The highest BCUT2D eigenvalue weighted by atomic mass is 16.6. The molecule has 1 fully saturated rings. The minimum Gasteiger partial charge on any atom is -0.477 e. The molecule has 8 nitrogen and oxygen atoms in total. The maximum atomic E-state index is 11.9. The van der Waals surface area contributed by atoms with Gasteiger partial charge in [0.05, 0.1) is 17.8 Å². The van der Waals surface area contributed by atoms with Crippen LogP contribution in [0.5, 0.6) is 5.88 Å². The number of carbonyl (C=O) groups is 1. The Morgan fingerprint density at radius 3 is 2.84 bits per heavy atom. The van der Waals surface area contributed by atoms with Gasteiger partial charge in [-0.2, -0.15) is 10.1 Å². The summed E-state index contributed by atoms with van der Waals surface area (Å²) in [4.78, 5) is 16.6. The lowest BCUT2D eigenvalue weighted by molar-refractivity contribution is 0.0981. The zero-order valence-corrected chi connectivity index (χ0v) is 19.1. The SMILES string of the molecule is CC(C)NC(=O)OC1CCC(c2cc(Nc3ccc4c(n3)OCC4)n(C(C)(C)C)n2)C1. The second-order valence-corrected chi connectivity index (χ2v) is 9.76. The number of rotatable bonds is 5. The largest absolute Gasteiger partial charge is 0.477 e. The molecule has 0 radical (unpaired) electrons. The molecule has 1 saturated carbocycles. The Morgan fingerprint density at radius 1 is 1.29 bits per heavy atom. The molecule has 0 aromatic carbocycles. The van der Waals surface area contributed by atoms with Gasteiger partial charge in [0.25, 0.3) is 0 Å². The van der Waals surface area contributed by atoms with Crippen molar-refractivity contribution in [2.45, 2.75) is 83.9 Å². The number of nitrogens with one attached hydrogen (secondary N) is 2. The molecule has 1 aliphatic heterocycles.